The Hall–Kier alpha value is -5.34. The Kier molecular flexibility index (Phi) is 28.5. The van der Waals surface area contributed by atoms with Crippen LogP contribution in [0.3, 0.4) is 0 Å². The Bertz CT molecular complexity index is 1940. The van der Waals surface area contributed by atoms with E-state index in [2.05, 4.69) is 43.6 Å². The summed E-state index contributed by atoms with van der Waals surface area (Å²) in [7, 11) is 0. The lowest BCUT2D eigenvalue weighted by molar-refractivity contribution is -0.156. The lowest BCUT2D eigenvalue weighted by atomic mass is 9.94. The summed E-state index contributed by atoms with van der Waals surface area (Å²) in [6.45, 7) is 13.0. The molecule has 0 bridgehead atoms. The summed E-state index contributed by atoms with van der Waals surface area (Å²) >= 11 is 0. The summed E-state index contributed by atoms with van der Waals surface area (Å²) in [6, 6.07) is 12.1. The fourth-order valence-corrected chi connectivity index (χ4v) is 6.99. The van der Waals surface area contributed by atoms with Crippen LogP contribution in [0.4, 0.5) is 4.79 Å². The number of carbonyl (C=O) groups is 4. The van der Waals surface area contributed by atoms with Crippen LogP contribution in [0.15, 0.2) is 46.6 Å². The Morgan fingerprint density at radius 2 is 1.24 bits per heavy atom. The Morgan fingerprint density at radius 3 is 1.82 bits per heavy atom. The largest absolute Gasteiger partial charge is 0.465 e. The topological polar surface area (TPSA) is 264 Å². The second-order valence-corrected chi connectivity index (χ2v) is 16.6. The molecule has 376 valence electrons. The second kappa shape index (κ2) is 34.0. The van der Waals surface area contributed by atoms with Crippen LogP contribution in [0.5, 0.6) is 0 Å². The van der Waals surface area contributed by atoms with Crippen molar-refractivity contribution in [3.05, 3.63) is 79.5 Å². The van der Waals surface area contributed by atoms with Crippen molar-refractivity contribution in [1.29, 1.82) is 0 Å². The van der Waals surface area contributed by atoms with Gasteiger partial charge in [-0.15, -0.1) is 0 Å². The maximum atomic E-state index is 13.5. The molecule has 1 atom stereocenters. The molecule has 1 amide bonds. The fraction of sp³-hybridized carbons (Fsp3) is 0.660. The van der Waals surface area contributed by atoms with Gasteiger partial charge in [0.2, 0.25) is 0 Å². The van der Waals surface area contributed by atoms with Crippen molar-refractivity contribution in [1.82, 2.24) is 10.2 Å². The zero-order chi connectivity index (χ0) is 49.2. The minimum absolute atomic E-state index is 0.0223. The lowest BCUT2D eigenvalue weighted by Gasteiger charge is -2.25. The highest BCUT2D eigenvalue weighted by Gasteiger charge is 2.31. The molecular formula is C47H70N8O13. The highest BCUT2D eigenvalue weighted by atomic mass is 16.6. The molecule has 21 nitrogen and oxygen atoms in total. The summed E-state index contributed by atoms with van der Waals surface area (Å²) < 4.78 is 49.4. The van der Waals surface area contributed by atoms with E-state index in [9.17, 15) is 19.2 Å². The van der Waals surface area contributed by atoms with Crippen molar-refractivity contribution in [3.63, 3.8) is 0 Å². The average molecular weight is 955 g/mol. The van der Waals surface area contributed by atoms with Gasteiger partial charge in [0, 0.05) is 80.6 Å². The van der Waals surface area contributed by atoms with Gasteiger partial charge in [0.25, 0.3) is 0 Å². The molecule has 1 N–H and O–H groups in total. The number of ketones is 1. The van der Waals surface area contributed by atoms with Crippen LogP contribution < -0.4 is 5.32 Å². The molecule has 0 aromatic heterocycles. The number of azide groups is 2. The zero-order valence-electron chi connectivity index (χ0n) is 40.2. The normalized spacial score (nSPS) is 12.7. The number of nitrogens with one attached hydrogen (secondary N) is 1. The SMILES string of the molecule is CC(=O)OCCN(CCNC(=O)OCC1c2cc(CCCCOCCOCCOCCN=[N+]=[N-])ccc2-c2ccc(C(=O)CCCOCCOCCOCCN=[N+]=[N-])cc21)CC(=O)OC(C)(C)C. The maximum absolute atomic E-state index is 13.5. The summed E-state index contributed by atoms with van der Waals surface area (Å²) in [5, 5.41) is 9.60. The number of rotatable bonds is 38. The van der Waals surface area contributed by atoms with Gasteiger partial charge < -0.3 is 47.9 Å². The smallest absolute Gasteiger partial charge is 0.407 e. The molecule has 0 radical (unpaired) electrons. The maximum Gasteiger partial charge on any atom is 0.407 e. The zero-order valence-corrected chi connectivity index (χ0v) is 40.2. The number of unbranched alkanes of at least 4 members (excludes halogenated alkanes) is 1. The summed E-state index contributed by atoms with van der Waals surface area (Å²) in [6.07, 6.45) is 2.75. The van der Waals surface area contributed by atoms with Gasteiger partial charge in [-0.1, -0.05) is 40.6 Å². The average Bonchev–Trinajstić information content (AvgIpc) is 3.60. The third kappa shape index (κ3) is 24.6. The van der Waals surface area contributed by atoms with Crippen LogP contribution in [0, 0.1) is 0 Å². The molecule has 0 fully saturated rings. The van der Waals surface area contributed by atoms with Crippen LogP contribution in [0.2, 0.25) is 0 Å². The third-order valence-corrected chi connectivity index (χ3v) is 10.1. The number of Topliss-reactive ketones (excluding diaryl/α,β-unsaturated/α-hetero) is 1. The van der Waals surface area contributed by atoms with Gasteiger partial charge in [0.15, 0.2) is 5.78 Å². The Morgan fingerprint density at radius 1 is 0.676 bits per heavy atom. The molecule has 0 saturated heterocycles. The number of alkyl carbamates (subject to hydrolysis) is 1. The number of hydrogen-bond acceptors (Lipinski definition) is 16. The molecule has 0 spiro atoms. The Balaban J connectivity index is 1.57. The van der Waals surface area contributed by atoms with Crippen molar-refractivity contribution < 1.29 is 61.8 Å². The van der Waals surface area contributed by atoms with Crippen molar-refractivity contribution in [2.45, 2.75) is 71.3 Å². The number of hydrogen-bond donors (Lipinski definition) is 1. The number of esters is 2. The highest BCUT2D eigenvalue weighted by molar-refractivity contribution is 5.97. The summed E-state index contributed by atoms with van der Waals surface area (Å²) in [4.78, 5) is 57.7. The van der Waals surface area contributed by atoms with Gasteiger partial charge in [0.05, 0.1) is 72.6 Å². The molecule has 2 aromatic rings. The van der Waals surface area contributed by atoms with Gasteiger partial charge >= 0.3 is 18.0 Å². The summed E-state index contributed by atoms with van der Waals surface area (Å²) in [5.41, 5.74) is 21.5. The molecule has 1 aliphatic rings. The van der Waals surface area contributed by atoms with E-state index >= 15 is 0 Å². The fourth-order valence-electron chi connectivity index (χ4n) is 6.99. The Labute approximate surface area is 399 Å². The van der Waals surface area contributed by atoms with Crippen LogP contribution >= 0.6 is 0 Å². The van der Waals surface area contributed by atoms with Crippen LogP contribution in [0.1, 0.15) is 86.3 Å². The minimum atomic E-state index is -0.673. The highest BCUT2D eigenvalue weighted by Crippen LogP contribution is 2.46. The molecule has 2 aromatic carbocycles. The monoisotopic (exact) mass is 955 g/mol. The first kappa shape index (κ1) is 57.0. The first-order valence-electron chi connectivity index (χ1n) is 23.2. The van der Waals surface area contributed by atoms with E-state index in [0.717, 1.165) is 47.1 Å². The van der Waals surface area contributed by atoms with E-state index in [0.29, 0.717) is 97.8 Å². The first-order valence-corrected chi connectivity index (χ1v) is 23.2. The van der Waals surface area contributed by atoms with Crippen LogP contribution in [0.25, 0.3) is 32.0 Å². The van der Waals surface area contributed by atoms with Crippen molar-refractivity contribution in [2.24, 2.45) is 10.2 Å². The van der Waals surface area contributed by atoms with Gasteiger partial charge in [-0.05, 0) is 91.4 Å². The predicted octanol–water partition coefficient (Wildman–Crippen LogP) is 6.74. The molecular weight excluding hydrogens is 885 g/mol. The number of aryl methyl sites for hydroxylation is 1. The third-order valence-electron chi connectivity index (χ3n) is 10.1. The second-order valence-electron chi connectivity index (χ2n) is 16.6. The lowest BCUT2D eigenvalue weighted by Crippen LogP contribution is -2.41. The number of carbonyl (C=O) groups excluding carboxylic acids is 4. The number of ether oxygens (including phenoxy) is 9. The van der Waals surface area contributed by atoms with Crippen molar-refractivity contribution >= 4 is 23.8 Å². The van der Waals surface area contributed by atoms with Gasteiger partial charge in [-0.2, -0.15) is 0 Å². The molecule has 0 saturated carbocycles. The van der Waals surface area contributed by atoms with Crippen molar-refractivity contribution in [2.75, 3.05) is 132 Å². The number of amides is 1. The van der Waals surface area contributed by atoms with Crippen LogP contribution in [-0.2, 0) is 58.6 Å². The first-order chi connectivity index (χ1) is 32.9. The minimum Gasteiger partial charge on any atom is -0.465 e. The van der Waals surface area contributed by atoms with Gasteiger partial charge in [-0.3, -0.25) is 19.3 Å². The number of fused-ring (bicyclic) bond motifs is 3. The van der Waals surface area contributed by atoms with Gasteiger partial charge in [-0.25, -0.2) is 4.79 Å². The number of benzene rings is 2. The van der Waals surface area contributed by atoms with E-state index < -0.39 is 23.6 Å². The molecule has 68 heavy (non-hydrogen) atoms. The predicted molar refractivity (Wildman–Crippen MR) is 251 cm³/mol. The molecule has 21 heteroatoms. The van der Waals surface area contributed by atoms with Gasteiger partial charge in [0.1, 0.15) is 18.8 Å². The van der Waals surface area contributed by atoms with E-state index in [1.807, 2.05) is 18.2 Å². The quantitative estimate of drug-likeness (QED) is 0.0139. The molecule has 1 aliphatic carbocycles. The molecule has 1 unspecified atom stereocenters. The molecule has 3 rings (SSSR count). The molecule has 0 heterocycles. The van der Waals surface area contributed by atoms with E-state index in [-0.39, 0.29) is 64.1 Å². The van der Waals surface area contributed by atoms with E-state index in [1.165, 1.54) is 6.92 Å². The van der Waals surface area contributed by atoms with E-state index in [1.54, 1.807) is 25.7 Å². The van der Waals surface area contributed by atoms with Crippen LogP contribution in [-0.4, -0.2) is 166 Å². The van der Waals surface area contributed by atoms with E-state index in [4.69, 9.17) is 53.7 Å². The standard InChI is InChI=1S/C47H70N8O13/c1-36(56)66-23-18-55(34-45(58)68-47(2,3)4)17-14-50-46(59)67-35-43-41-32-37(8-5-6-19-60-24-28-64-30-26-62-21-15-51-53-48)10-12-39(41)40-13-11-38(33-42(40)43)44(57)9-7-20-61-25-29-65-31-27-63-22-16-52-54-49/h10-13,32-33,43H,5-9,14-31,34-35H2,1-4H3,(H,50,59). The summed E-state index contributed by atoms with van der Waals surface area (Å²) in [5.74, 6) is -1.23. The molecule has 0 aliphatic heterocycles. The number of nitrogens with zero attached hydrogens (tertiary/aromatic N) is 7. The van der Waals surface area contributed by atoms with Crippen molar-refractivity contribution in [3.8, 4) is 11.1 Å².